The molecule has 1 N–H and O–H groups in total. The van der Waals surface area contributed by atoms with Crippen LogP contribution >= 0.6 is 11.3 Å². The first-order valence-corrected chi connectivity index (χ1v) is 11.8. The van der Waals surface area contributed by atoms with Crippen LogP contribution in [0.5, 0.6) is 0 Å². The summed E-state index contributed by atoms with van der Waals surface area (Å²) in [7, 11) is 0. The number of nitrogens with one attached hydrogen (secondary N) is 1. The molecule has 5 rings (SSSR count). The minimum atomic E-state index is -0.432. The number of hydrogen-bond acceptors (Lipinski definition) is 6. The number of hydrogen-bond donors (Lipinski definition) is 1. The van der Waals surface area contributed by atoms with E-state index in [4.69, 9.17) is 4.74 Å². The van der Waals surface area contributed by atoms with Crippen LogP contribution in [0.2, 0.25) is 0 Å². The van der Waals surface area contributed by atoms with E-state index in [0.29, 0.717) is 27.1 Å². The Morgan fingerprint density at radius 2 is 1.76 bits per heavy atom. The number of aryl methyl sites for hydroxylation is 1. The minimum absolute atomic E-state index is 0.0476. The van der Waals surface area contributed by atoms with Crippen LogP contribution in [0.25, 0.3) is 10.8 Å². The van der Waals surface area contributed by atoms with E-state index in [0.717, 1.165) is 40.0 Å². The first kappa shape index (κ1) is 21.3. The number of ether oxygens (including phenoxy) is 1. The number of carbonyl (C=O) groups excluding carboxylic acids is 4. The summed E-state index contributed by atoms with van der Waals surface area (Å²) in [5.74, 6) is -1.60. The zero-order valence-corrected chi connectivity index (χ0v) is 18.9. The Morgan fingerprint density at radius 1 is 1.06 bits per heavy atom. The van der Waals surface area contributed by atoms with E-state index < -0.39 is 17.8 Å². The molecule has 168 valence electrons. The van der Waals surface area contributed by atoms with E-state index in [2.05, 4.69) is 5.32 Å². The largest absolute Gasteiger partial charge is 0.462 e. The lowest BCUT2D eigenvalue weighted by molar-refractivity contribution is -0.116. The summed E-state index contributed by atoms with van der Waals surface area (Å²) in [5, 5.41) is 4.79. The van der Waals surface area contributed by atoms with Gasteiger partial charge in [0, 0.05) is 34.4 Å². The summed E-state index contributed by atoms with van der Waals surface area (Å²) in [5.41, 5.74) is 2.32. The van der Waals surface area contributed by atoms with Crippen molar-refractivity contribution in [1.82, 2.24) is 4.90 Å². The van der Waals surface area contributed by atoms with E-state index in [1.165, 1.54) is 11.3 Å². The van der Waals surface area contributed by atoms with Crippen molar-refractivity contribution in [3.63, 3.8) is 0 Å². The molecule has 0 bridgehead atoms. The van der Waals surface area contributed by atoms with Gasteiger partial charge in [-0.3, -0.25) is 19.3 Å². The second kappa shape index (κ2) is 8.44. The third kappa shape index (κ3) is 3.60. The number of fused-ring (bicyclic) bond motifs is 1. The summed E-state index contributed by atoms with van der Waals surface area (Å²) < 4.78 is 5.20. The summed E-state index contributed by atoms with van der Waals surface area (Å²) in [6.45, 7) is 1.95. The Labute approximate surface area is 194 Å². The van der Waals surface area contributed by atoms with Gasteiger partial charge in [0.2, 0.25) is 5.91 Å². The fourth-order valence-corrected chi connectivity index (χ4v) is 5.89. The van der Waals surface area contributed by atoms with Crippen LogP contribution < -0.4 is 5.32 Å². The molecule has 3 amide bonds. The van der Waals surface area contributed by atoms with E-state index in [1.54, 1.807) is 31.2 Å². The Morgan fingerprint density at radius 3 is 2.42 bits per heavy atom. The van der Waals surface area contributed by atoms with Gasteiger partial charge in [0.1, 0.15) is 5.00 Å². The van der Waals surface area contributed by atoms with Crippen molar-refractivity contribution in [2.45, 2.75) is 32.6 Å². The standard InChI is InChI=1S/C25H22N2O5S/c1-2-32-25(31)21-15-8-5-11-18(15)33-22(21)26-19(28)12-13-27-23(29)16-9-3-6-14-7-4-10-17(20(14)16)24(27)30/h3-4,6-7,9-10H,2,5,8,11-13H2,1H3,(H,26,28). The summed E-state index contributed by atoms with van der Waals surface area (Å²) in [4.78, 5) is 53.5. The quantitative estimate of drug-likeness (QED) is 0.438. The molecule has 0 unspecified atom stereocenters. The van der Waals surface area contributed by atoms with Crippen LogP contribution in [-0.4, -0.2) is 41.7 Å². The van der Waals surface area contributed by atoms with E-state index in [9.17, 15) is 19.2 Å². The molecule has 1 aromatic heterocycles. The lowest BCUT2D eigenvalue weighted by Gasteiger charge is -2.27. The van der Waals surface area contributed by atoms with E-state index in [1.807, 2.05) is 12.1 Å². The van der Waals surface area contributed by atoms with Gasteiger partial charge in [0.05, 0.1) is 12.2 Å². The highest BCUT2D eigenvalue weighted by Gasteiger charge is 2.33. The van der Waals surface area contributed by atoms with Crippen molar-refractivity contribution in [3.05, 3.63) is 63.5 Å². The topological polar surface area (TPSA) is 92.8 Å². The molecule has 0 atom stereocenters. The molecule has 2 aromatic carbocycles. The van der Waals surface area contributed by atoms with E-state index in [-0.39, 0.29) is 25.5 Å². The fourth-order valence-electron chi connectivity index (χ4n) is 4.60. The van der Waals surface area contributed by atoms with Crippen LogP contribution in [-0.2, 0) is 22.4 Å². The molecule has 0 saturated carbocycles. The molecule has 2 aliphatic rings. The van der Waals surface area contributed by atoms with Gasteiger partial charge in [0.25, 0.3) is 11.8 Å². The number of esters is 1. The van der Waals surface area contributed by atoms with Crippen molar-refractivity contribution >= 4 is 50.8 Å². The third-order valence-electron chi connectivity index (χ3n) is 6.07. The van der Waals surface area contributed by atoms with Gasteiger partial charge in [-0.15, -0.1) is 11.3 Å². The first-order valence-electron chi connectivity index (χ1n) is 11.0. The fraction of sp³-hybridized carbons (Fsp3) is 0.280. The van der Waals surface area contributed by atoms with Crippen molar-refractivity contribution < 1.29 is 23.9 Å². The van der Waals surface area contributed by atoms with Gasteiger partial charge < -0.3 is 10.1 Å². The van der Waals surface area contributed by atoms with Crippen LogP contribution in [0.3, 0.4) is 0 Å². The lowest BCUT2D eigenvalue weighted by atomic mass is 9.94. The molecular weight excluding hydrogens is 440 g/mol. The summed E-state index contributed by atoms with van der Waals surface area (Å²) >= 11 is 1.40. The Kier molecular flexibility index (Phi) is 5.46. The molecule has 3 aromatic rings. The predicted molar refractivity (Wildman–Crippen MR) is 125 cm³/mol. The molecule has 2 heterocycles. The molecular formula is C25H22N2O5S. The SMILES string of the molecule is CCOC(=O)c1c(NC(=O)CCN2C(=O)c3cccc4cccc(c34)C2=O)sc2c1CCC2. The number of rotatable bonds is 6. The molecule has 0 saturated heterocycles. The van der Waals surface area contributed by atoms with Crippen molar-refractivity contribution in [1.29, 1.82) is 0 Å². The van der Waals surface area contributed by atoms with E-state index >= 15 is 0 Å². The number of benzene rings is 2. The second-order valence-electron chi connectivity index (χ2n) is 8.05. The average molecular weight is 463 g/mol. The van der Waals surface area contributed by atoms with Crippen LogP contribution in [0.1, 0.15) is 61.3 Å². The highest BCUT2D eigenvalue weighted by molar-refractivity contribution is 7.17. The number of amides is 3. The maximum Gasteiger partial charge on any atom is 0.341 e. The monoisotopic (exact) mass is 462 g/mol. The molecule has 0 radical (unpaired) electrons. The lowest BCUT2D eigenvalue weighted by Crippen LogP contribution is -2.41. The number of thiophene rings is 1. The van der Waals surface area contributed by atoms with Gasteiger partial charge in [-0.1, -0.05) is 24.3 Å². The van der Waals surface area contributed by atoms with Gasteiger partial charge >= 0.3 is 5.97 Å². The predicted octanol–water partition coefficient (Wildman–Crippen LogP) is 4.19. The van der Waals surface area contributed by atoms with Crippen molar-refractivity contribution in [3.8, 4) is 0 Å². The number of nitrogens with zero attached hydrogens (tertiary/aromatic N) is 1. The molecule has 7 nitrogen and oxygen atoms in total. The molecule has 8 heteroatoms. The third-order valence-corrected chi connectivity index (χ3v) is 7.28. The highest BCUT2D eigenvalue weighted by atomic mass is 32.1. The Balaban J connectivity index is 1.33. The number of imide groups is 1. The minimum Gasteiger partial charge on any atom is -0.462 e. The second-order valence-corrected chi connectivity index (χ2v) is 9.16. The molecule has 1 aliphatic carbocycles. The smallest absolute Gasteiger partial charge is 0.341 e. The normalized spacial score (nSPS) is 14.5. The number of carbonyl (C=O) groups is 4. The highest BCUT2D eigenvalue weighted by Crippen LogP contribution is 2.39. The van der Waals surface area contributed by atoms with Crippen LogP contribution in [0.15, 0.2) is 36.4 Å². The maximum absolute atomic E-state index is 13.0. The summed E-state index contributed by atoms with van der Waals surface area (Å²) in [6, 6.07) is 10.7. The van der Waals surface area contributed by atoms with Crippen molar-refractivity contribution in [2.24, 2.45) is 0 Å². The van der Waals surface area contributed by atoms with Gasteiger partial charge in [-0.05, 0) is 49.3 Å². The summed E-state index contributed by atoms with van der Waals surface area (Å²) in [6.07, 6.45) is 2.58. The van der Waals surface area contributed by atoms with Gasteiger partial charge in [-0.2, -0.15) is 0 Å². The Bertz CT molecular complexity index is 1280. The zero-order chi connectivity index (χ0) is 23.1. The van der Waals surface area contributed by atoms with Crippen molar-refractivity contribution in [2.75, 3.05) is 18.5 Å². The average Bonchev–Trinajstić information content (AvgIpc) is 3.38. The zero-order valence-electron chi connectivity index (χ0n) is 18.1. The Hall–Kier alpha value is -3.52. The molecule has 33 heavy (non-hydrogen) atoms. The van der Waals surface area contributed by atoms with Crippen LogP contribution in [0, 0.1) is 0 Å². The first-order chi connectivity index (χ1) is 16.0. The van der Waals surface area contributed by atoms with Crippen LogP contribution in [0.4, 0.5) is 5.00 Å². The molecule has 0 fully saturated rings. The van der Waals surface area contributed by atoms with Gasteiger partial charge in [-0.25, -0.2) is 4.79 Å². The molecule has 0 spiro atoms. The van der Waals surface area contributed by atoms with Gasteiger partial charge in [0.15, 0.2) is 0 Å². The number of anilines is 1. The maximum atomic E-state index is 13.0. The molecule has 1 aliphatic heterocycles.